The van der Waals surface area contributed by atoms with E-state index in [9.17, 15) is 8.42 Å². The van der Waals surface area contributed by atoms with Crippen LogP contribution in [0.25, 0.3) is 0 Å². The van der Waals surface area contributed by atoms with Gasteiger partial charge in [-0.15, -0.1) is 0 Å². The van der Waals surface area contributed by atoms with Gasteiger partial charge >= 0.3 is 0 Å². The van der Waals surface area contributed by atoms with Crippen LogP contribution in [0.2, 0.25) is 0 Å². The number of hydrogen-bond acceptors (Lipinski definition) is 3. The molecule has 0 heterocycles. The molecule has 0 rings (SSSR count). The molecule has 0 saturated heterocycles. The Morgan fingerprint density at radius 1 is 1.17 bits per heavy atom. The first-order chi connectivity index (χ1) is 8.45. The number of nitrogens with one attached hydrogen (secondary N) is 1. The SMILES string of the molecule is CCCCC(CC)NCCCN(CC)S(C)(=O)=O. The molecule has 0 saturated carbocycles. The summed E-state index contributed by atoms with van der Waals surface area (Å²) in [6.07, 6.45) is 7.01. The van der Waals surface area contributed by atoms with E-state index in [1.807, 2.05) is 6.92 Å². The third-order valence-corrected chi connectivity index (χ3v) is 4.62. The molecule has 4 nitrogen and oxygen atoms in total. The molecule has 0 radical (unpaired) electrons. The van der Waals surface area contributed by atoms with Crippen molar-refractivity contribution in [2.24, 2.45) is 0 Å². The molecule has 0 aromatic heterocycles. The number of nitrogens with zero attached hydrogens (tertiary/aromatic N) is 1. The minimum atomic E-state index is -3.03. The zero-order valence-corrected chi connectivity index (χ0v) is 13.2. The smallest absolute Gasteiger partial charge is 0.211 e. The molecule has 18 heavy (non-hydrogen) atoms. The third-order valence-electron chi connectivity index (χ3n) is 3.24. The summed E-state index contributed by atoms with van der Waals surface area (Å²) < 4.78 is 24.3. The van der Waals surface area contributed by atoms with Gasteiger partial charge in [-0.2, -0.15) is 0 Å². The Bertz CT molecular complexity index is 291. The Hall–Kier alpha value is -0.130. The topological polar surface area (TPSA) is 49.4 Å². The maximum atomic E-state index is 11.4. The van der Waals surface area contributed by atoms with Crippen molar-refractivity contribution in [2.45, 2.75) is 58.9 Å². The molecular weight excluding hydrogens is 248 g/mol. The summed E-state index contributed by atoms with van der Waals surface area (Å²) >= 11 is 0. The minimum Gasteiger partial charge on any atom is -0.314 e. The van der Waals surface area contributed by atoms with Crippen LogP contribution in [-0.4, -0.2) is 44.7 Å². The summed E-state index contributed by atoms with van der Waals surface area (Å²) in [6.45, 7) is 8.36. The van der Waals surface area contributed by atoms with E-state index in [0.29, 0.717) is 19.1 Å². The van der Waals surface area contributed by atoms with Gasteiger partial charge in [-0.25, -0.2) is 12.7 Å². The van der Waals surface area contributed by atoms with Crippen molar-refractivity contribution in [1.29, 1.82) is 0 Å². The number of unbranched alkanes of at least 4 members (excludes halogenated alkanes) is 1. The summed E-state index contributed by atoms with van der Waals surface area (Å²) in [5, 5.41) is 3.51. The van der Waals surface area contributed by atoms with E-state index in [0.717, 1.165) is 19.4 Å². The van der Waals surface area contributed by atoms with Gasteiger partial charge in [0.2, 0.25) is 10.0 Å². The van der Waals surface area contributed by atoms with Gasteiger partial charge < -0.3 is 5.32 Å². The van der Waals surface area contributed by atoms with Gasteiger partial charge in [-0.3, -0.25) is 0 Å². The van der Waals surface area contributed by atoms with Gasteiger partial charge in [0.1, 0.15) is 0 Å². The van der Waals surface area contributed by atoms with Crippen molar-refractivity contribution >= 4 is 10.0 Å². The largest absolute Gasteiger partial charge is 0.314 e. The van der Waals surface area contributed by atoms with Gasteiger partial charge in [0.15, 0.2) is 0 Å². The van der Waals surface area contributed by atoms with Crippen molar-refractivity contribution in [2.75, 3.05) is 25.9 Å². The molecule has 0 aromatic carbocycles. The first kappa shape index (κ1) is 17.9. The minimum absolute atomic E-state index is 0.561. The quantitative estimate of drug-likeness (QED) is 0.590. The van der Waals surface area contributed by atoms with Crippen molar-refractivity contribution < 1.29 is 8.42 Å². The van der Waals surface area contributed by atoms with E-state index in [4.69, 9.17) is 0 Å². The Labute approximate surface area is 113 Å². The lowest BCUT2D eigenvalue weighted by molar-refractivity contribution is 0.398. The summed E-state index contributed by atoms with van der Waals surface area (Å²) in [7, 11) is -3.03. The highest BCUT2D eigenvalue weighted by Crippen LogP contribution is 2.04. The molecule has 0 aliphatic carbocycles. The number of hydrogen-bond donors (Lipinski definition) is 1. The monoisotopic (exact) mass is 278 g/mol. The molecule has 0 fully saturated rings. The summed E-state index contributed by atoms with van der Waals surface area (Å²) in [4.78, 5) is 0. The van der Waals surface area contributed by atoms with Crippen LogP contribution in [0.3, 0.4) is 0 Å². The van der Waals surface area contributed by atoms with Crippen LogP contribution in [0.15, 0.2) is 0 Å². The molecule has 0 bridgehead atoms. The van der Waals surface area contributed by atoms with Crippen LogP contribution < -0.4 is 5.32 Å². The first-order valence-electron chi connectivity index (χ1n) is 7.14. The number of sulfonamides is 1. The molecule has 110 valence electrons. The molecule has 0 aliphatic rings. The first-order valence-corrected chi connectivity index (χ1v) is 8.98. The zero-order valence-electron chi connectivity index (χ0n) is 12.4. The fourth-order valence-corrected chi connectivity index (χ4v) is 2.95. The highest BCUT2D eigenvalue weighted by atomic mass is 32.2. The van der Waals surface area contributed by atoms with E-state index in [2.05, 4.69) is 19.2 Å². The third kappa shape index (κ3) is 8.06. The van der Waals surface area contributed by atoms with Crippen molar-refractivity contribution in [1.82, 2.24) is 9.62 Å². The predicted molar refractivity (Wildman–Crippen MR) is 78.3 cm³/mol. The van der Waals surface area contributed by atoms with Crippen molar-refractivity contribution in [3.8, 4) is 0 Å². The van der Waals surface area contributed by atoms with E-state index in [1.165, 1.54) is 29.8 Å². The van der Waals surface area contributed by atoms with E-state index >= 15 is 0 Å². The lowest BCUT2D eigenvalue weighted by Gasteiger charge is -2.20. The summed E-state index contributed by atoms with van der Waals surface area (Å²) in [5.74, 6) is 0. The van der Waals surface area contributed by atoms with Crippen LogP contribution in [-0.2, 0) is 10.0 Å². The Morgan fingerprint density at radius 3 is 2.28 bits per heavy atom. The molecule has 0 aliphatic heterocycles. The summed E-state index contributed by atoms with van der Waals surface area (Å²) in [6, 6.07) is 0.582. The molecule has 0 amide bonds. The lowest BCUT2D eigenvalue weighted by atomic mass is 10.1. The highest BCUT2D eigenvalue weighted by molar-refractivity contribution is 7.88. The molecule has 0 aromatic rings. The zero-order chi connectivity index (χ0) is 14.0. The van der Waals surface area contributed by atoms with Gasteiger partial charge in [-0.05, 0) is 25.8 Å². The Morgan fingerprint density at radius 2 is 1.83 bits per heavy atom. The average molecular weight is 278 g/mol. The van der Waals surface area contributed by atoms with Crippen LogP contribution >= 0.6 is 0 Å². The van der Waals surface area contributed by atoms with Gasteiger partial charge in [-0.1, -0.05) is 33.6 Å². The second kappa shape index (κ2) is 9.75. The Kier molecular flexibility index (Phi) is 9.68. The normalized spacial score (nSPS) is 14.1. The van der Waals surface area contributed by atoms with E-state index < -0.39 is 10.0 Å². The van der Waals surface area contributed by atoms with E-state index in [-0.39, 0.29) is 0 Å². The molecule has 1 N–H and O–H groups in total. The van der Waals surface area contributed by atoms with Crippen LogP contribution in [0, 0.1) is 0 Å². The van der Waals surface area contributed by atoms with Crippen LogP contribution in [0.1, 0.15) is 52.9 Å². The maximum absolute atomic E-state index is 11.4. The van der Waals surface area contributed by atoms with Crippen LogP contribution in [0.4, 0.5) is 0 Å². The summed E-state index contributed by atoms with van der Waals surface area (Å²) in [5.41, 5.74) is 0. The van der Waals surface area contributed by atoms with Crippen molar-refractivity contribution in [3.63, 3.8) is 0 Å². The number of rotatable bonds is 11. The average Bonchev–Trinajstić information content (AvgIpc) is 2.31. The molecule has 5 heteroatoms. The standard InChI is InChI=1S/C13H30N2O2S/c1-5-8-10-13(6-2)14-11-9-12-15(7-3)18(4,16)17/h13-14H,5-12H2,1-4H3. The predicted octanol–water partition coefficient (Wildman–Crippen LogP) is 2.22. The molecule has 1 unspecified atom stereocenters. The fourth-order valence-electron chi connectivity index (χ4n) is 2.02. The molecular formula is C13H30N2O2S. The lowest BCUT2D eigenvalue weighted by Crippen LogP contribution is -2.34. The molecule has 0 spiro atoms. The second-order valence-electron chi connectivity index (χ2n) is 4.81. The van der Waals surface area contributed by atoms with Crippen LogP contribution in [0.5, 0.6) is 0 Å². The maximum Gasteiger partial charge on any atom is 0.211 e. The van der Waals surface area contributed by atoms with Gasteiger partial charge in [0.25, 0.3) is 0 Å². The highest BCUT2D eigenvalue weighted by Gasteiger charge is 2.13. The van der Waals surface area contributed by atoms with Gasteiger partial charge in [0, 0.05) is 19.1 Å². The van der Waals surface area contributed by atoms with Gasteiger partial charge in [0.05, 0.1) is 6.26 Å². The van der Waals surface area contributed by atoms with Crippen molar-refractivity contribution in [3.05, 3.63) is 0 Å². The second-order valence-corrected chi connectivity index (χ2v) is 6.79. The fraction of sp³-hybridized carbons (Fsp3) is 1.00. The Balaban J connectivity index is 3.83. The molecule has 1 atom stereocenters. The van der Waals surface area contributed by atoms with E-state index in [1.54, 1.807) is 0 Å².